The molecule has 7 nitrogen and oxygen atoms in total. The van der Waals surface area contributed by atoms with Crippen LogP contribution in [-0.4, -0.2) is 45.1 Å². The lowest BCUT2D eigenvalue weighted by molar-refractivity contribution is 0.203. The molecule has 1 atom stereocenters. The van der Waals surface area contributed by atoms with Gasteiger partial charge in [-0.15, -0.1) is 10.2 Å². The van der Waals surface area contributed by atoms with E-state index in [0.29, 0.717) is 24.6 Å². The smallest absolute Gasteiger partial charge is 0.322 e. The molecule has 0 unspecified atom stereocenters. The second-order valence-electron chi connectivity index (χ2n) is 5.81. The number of hydrogen-bond acceptors (Lipinski definition) is 5. The van der Waals surface area contributed by atoms with Crippen molar-refractivity contribution in [1.82, 2.24) is 19.7 Å². The number of carbonyl (C=O) groups excluding carboxylic acids is 1. The highest BCUT2D eigenvalue weighted by atomic mass is 32.2. The zero-order valence-electron chi connectivity index (χ0n) is 14.7. The maximum atomic E-state index is 12.8. The van der Waals surface area contributed by atoms with E-state index in [1.54, 1.807) is 11.8 Å². The summed E-state index contributed by atoms with van der Waals surface area (Å²) < 4.78 is 7.55. The minimum absolute atomic E-state index is 0.0577. The van der Waals surface area contributed by atoms with E-state index in [4.69, 9.17) is 4.74 Å². The molecule has 0 aliphatic carbocycles. The maximum absolute atomic E-state index is 12.8. The SMILES string of the molecule is CCOc1ccccc1NC(=O)N1CCC[C@@H]1c1nnc(SC)n1C. The third-order valence-electron chi connectivity index (χ3n) is 4.29. The Kier molecular flexibility index (Phi) is 5.47. The number of rotatable bonds is 5. The van der Waals surface area contributed by atoms with Crippen LogP contribution in [0.3, 0.4) is 0 Å². The molecule has 2 aromatic rings. The summed E-state index contributed by atoms with van der Waals surface area (Å²) in [4.78, 5) is 14.7. The topological polar surface area (TPSA) is 72.3 Å². The van der Waals surface area contributed by atoms with Crippen molar-refractivity contribution in [2.45, 2.75) is 31.0 Å². The van der Waals surface area contributed by atoms with Gasteiger partial charge in [-0.05, 0) is 38.2 Å². The number of urea groups is 1. The summed E-state index contributed by atoms with van der Waals surface area (Å²) in [7, 11) is 1.94. The van der Waals surface area contributed by atoms with Crippen LogP contribution in [0, 0.1) is 0 Å². The van der Waals surface area contributed by atoms with Gasteiger partial charge in [0.1, 0.15) is 5.75 Å². The van der Waals surface area contributed by atoms with E-state index in [2.05, 4.69) is 15.5 Å². The summed E-state index contributed by atoms with van der Waals surface area (Å²) in [6.07, 6.45) is 3.81. The van der Waals surface area contributed by atoms with Crippen LogP contribution in [0.15, 0.2) is 29.4 Å². The van der Waals surface area contributed by atoms with Crippen molar-refractivity contribution < 1.29 is 9.53 Å². The number of nitrogens with one attached hydrogen (secondary N) is 1. The minimum Gasteiger partial charge on any atom is -0.492 e. The van der Waals surface area contributed by atoms with Gasteiger partial charge in [0.15, 0.2) is 11.0 Å². The van der Waals surface area contributed by atoms with E-state index in [1.807, 2.05) is 54.0 Å². The summed E-state index contributed by atoms with van der Waals surface area (Å²) >= 11 is 1.55. The number of para-hydroxylation sites is 2. The van der Waals surface area contributed by atoms with Gasteiger partial charge in [0.25, 0.3) is 0 Å². The molecule has 0 bridgehead atoms. The average molecular weight is 361 g/mol. The molecule has 0 spiro atoms. The number of thioether (sulfide) groups is 1. The summed E-state index contributed by atoms with van der Waals surface area (Å²) in [5.41, 5.74) is 0.683. The average Bonchev–Trinajstić information content (AvgIpc) is 3.23. The van der Waals surface area contributed by atoms with Crippen LogP contribution in [0.25, 0.3) is 0 Å². The number of benzene rings is 1. The zero-order chi connectivity index (χ0) is 17.8. The molecule has 2 amide bonds. The summed E-state index contributed by atoms with van der Waals surface area (Å²) in [5.74, 6) is 1.51. The molecule has 1 aromatic heterocycles. The van der Waals surface area contributed by atoms with Crippen LogP contribution in [0.2, 0.25) is 0 Å². The van der Waals surface area contributed by atoms with Gasteiger partial charge in [-0.2, -0.15) is 0 Å². The number of hydrogen-bond donors (Lipinski definition) is 1. The van der Waals surface area contributed by atoms with Crippen LogP contribution in [0.4, 0.5) is 10.5 Å². The Labute approximate surface area is 151 Å². The molecule has 1 aromatic carbocycles. The van der Waals surface area contributed by atoms with Crippen LogP contribution < -0.4 is 10.1 Å². The standard InChI is InChI=1S/C17H23N5O2S/c1-4-24-14-10-6-5-8-12(14)18-16(23)22-11-7-9-13(22)15-19-20-17(25-3)21(15)2/h5-6,8,10,13H,4,7,9,11H2,1-3H3,(H,18,23)/t13-/m1/s1. The predicted molar refractivity (Wildman–Crippen MR) is 98.1 cm³/mol. The van der Waals surface area contributed by atoms with E-state index < -0.39 is 0 Å². The lowest BCUT2D eigenvalue weighted by atomic mass is 10.2. The van der Waals surface area contributed by atoms with Crippen LogP contribution in [-0.2, 0) is 7.05 Å². The van der Waals surface area contributed by atoms with Crippen molar-refractivity contribution in [3.8, 4) is 5.75 Å². The van der Waals surface area contributed by atoms with E-state index in [1.165, 1.54) is 0 Å². The number of nitrogens with zero attached hydrogens (tertiary/aromatic N) is 4. The zero-order valence-corrected chi connectivity index (χ0v) is 15.5. The third-order valence-corrected chi connectivity index (χ3v) is 5.01. The van der Waals surface area contributed by atoms with Gasteiger partial charge in [-0.1, -0.05) is 23.9 Å². The lowest BCUT2D eigenvalue weighted by Gasteiger charge is -2.24. The molecule has 0 radical (unpaired) electrons. The van der Waals surface area contributed by atoms with Crippen LogP contribution in [0.1, 0.15) is 31.6 Å². The quantitative estimate of drug-likeness (QED) is 0.827. The Morgan fingerprint density at radius 2 is 2.20 bits per heavy atom. The first-order chi connectivity index (χ1) is 12.2. The van der Waals surface area contributed by atoms with E-state index in [0.717, 1.165) is 23.8 Å². The van der Waals surface area contributed by atoms with E-state index in [-0.39, 0.29) is 12.1 Å². The Morgan fingerprint density at radius 1 is 1.40 bits per heavy atom. The molecule has 1 N–H and O–H groups in total. The van der Waals surface area contributed by atoms with Crippen LogP contribution >= 0.6 is 11.8 Å². The lowest BCUT2D eigenvalue weighted by Crippen LogP contribution is -2.35. The highest BCUT2D eigenvalue weighted by Crippen LogP contribution is 2.33. The van der Waals surface area contributed by atoms with Gasteiger partial charge in [0.2, 0.25) is 0 Å². The summed E-state index contributed by atoms with van der Waals surface area (Å²) in [6.45, 7) is 3.18. The van der Waals surface area contributed by atoms with Crippen molar-refractivity contribution in [2.75, 3.05) is 24.7 Å². The van der Waals surface area contributed by atoms with Crippen molar-refractivity contribution in [2.24, 2.45) is 7.05 Å². The molecule has 25 heavy (non-hydrogen) atoms. The van der Waals surface area contributed by atoms with Gasteiger partial charge >= 0.3 is 6.03 Å². The van der Waals surface area contributed by atoms with Gasteiger partial charge in [0, 0.05) is 13.6 Å². The number of anilines is 1. The molecular weight excluding hydrogens is 338 g/mol. The monoisotopic (exact) mass is 361 g/mol. The second-order valence-corrected chi connectivity index (χ2v) is 6.59. The number of ether oxygens (including phenoxy) is 1. The van der Waals surface area contributed by atoms with Gasteiger partial charge in [-0.25, -0.2) is 4.79 Å². The molecule has 2 heterocycles. The first-order valence-electron chi connectivity index (χ1n) is 8.38. The maximum Gasteiger partial charge on any atom is 0.322 e. The fourth-order valence-corrected chi connectivity index (χ4v) is 3.60. The molecule has 8 heteroatoms. The normalized spacial score (nSPS) is 16.9. The number of carbonyl (C=O) groups is 1. The third kappa shape index (κ3) is 3.58. The Bertz CT molecular complexity index is 748. The van der Waals surface area contributed by atoms with Crippen LogP contribution in [0.5, 0.6) is 5.75 Å². The molecule has 0 saturated carbocycles. The summed E-state index contributed by atoms with van der Waals surface area (Å²) in [5, 5.41) is 12.3. The van der Waals surface area contributed by atoms with Gasteiger partial charge < -0.3 is 19.5 Å². The van der Waals surface area contributed by atoms with Crippen molar-refractivity contribution >= 4 is 23.5 Å². The minimum atomic E-state index is -0.136. The molecule has 1 aliphatic heterocycles. The highest BCUT2D eigenvalue weighted by Gasteiger charge is 2.34. The molecule has 1 saturated heterocycles. The van der Waals surface area contributed by atoms with E-state index in [9.17, 15) is 4.79 Å². The fraction of sp³-hybridized carbons (Fsp3) is 0.471. The number of aromatic nitrogens is 3. The first-order valence-corrected chi connectivity index (χ1v) is 9.61. The van der Waals surface area contributed by atoms with Crippen molar-refractivity contribution in [3.63, 3.8) is 0 Å². The molecular formula is C17H23N5O2S. The Hall–Kier alpha value is -2.22. The molecule has 1 aliphatic rings. The molecule has 1 fully saturated rings. The van der Waals surface area contributed by atoms with Crippen molar-refractivity contribution in [1.29, 1.82) is 0 Å². The Balaban J connectivity index is 1.78. The molecule has 134 valence electrons. The first kappa shape index (κ1) is 17.6. The highest BCUT2D eigenvalue weighted by molar-refractivity contribution is 7.98. The van der Waals surface area contributed by atoms with Gasteiger partial charge in [0.05, 0.1) is 18.3 Å². The van der Waals surface area contributed by atoms with Crippen molar-refractivity contribution in [3.05, 3.63) is 30.1 Å². The van der Waals surface area contributed by atoms with E-state index >= 15 is 0 Å². The molecule has 3 rings (SSSR count). The predicted octanol–water partition coefficient (Wildman–Crippen LogP) is 3.30. The Morgan fingerprint density at radius 3 is 2.92 bits per heavy atom. The largest absolute Gasteiger partial charge is 0.492 e. The number of amides is 2. The number of likely N-dealkylation sites (tertiary alicyclic amines) is 1. The fourth-order valence-electron chi connectivity index (χ4n) is 3.11. The summed E-state index contributed by atoms with van der Waals surface area (Å²) in [6, 6.07) is 7.28. The second kappa shape index (κ2) is 7.77. The van der Waals surface area contributed by atoms with Gasteiger partial charge in [-0.3, -0.25) is 0 Å².